The first-order valence-electron chi connectivity index (χ1n) is 8.30. The molecule has 0 saturated heterocycles. The zero-order valence-corrected chi connectivity index (χ0v) is 13.4. The molecule has 0 heterocycles. The summed E-state index contributed by atoms with van der Waals surface area (Å²) in [4.78, 5) is 12.6. The van der Waals surface area contributed by atoms with Gasteiger partial charge in [-0.2, -0.15) is 0 Å². The molecule has 1 heteroatoms. The summed E-state index contributed by atoms with van der Waals surface area (Å²) in [6.45, 7) is 0. The second kappa shape index (κ2) is 6.29. The molecule has 0 aliphatic heterocycles. The van der Waals surface area contributed by atoms with Crippen LogP contribution in [-0.2, 0) is 6.42 Å². The van der Waals surface area contributed by atoms with E-state index in [4.69, 9.17) is 0 Å². The highest BCUT2D eigenvalue weighted by atomic mass is 16.1. The highest BCUT2D eigenvalue weighted by molar-refractivity contribution is 6.13. The number of hydrogen-bond donors (Lipinski definition) is 0. The quantitative estimate of drug-likeness (QED) is 0.566. The molecule has 3 aromatic carbocycles. The molecule has 0 radical (unpaired) electrons. The van der Waals surface area contributed by atoms with Crippen molar-refractivity contribution in [1.29, 1.82) is 0 Å². The summed E-state index contributed by atoms with van der Waals surface area (Å²) in [6, 6.07) is 26.7. The van der Waals surface area contributed by atoms with Gasteiger partial charge in [-0.25, -0.2) is 0 Å². The van der Waals surface area contributed by atoms with Crippen LogP contribution in [0.25, 0.3) is 17.2 Å². The minimum absolute atomic E-state index is 0.170. The van der Waals surface area contributed by atoms with Gasteiger partial charge in [0.1, 0.15) is 0 Å². The van der Waals surface area contributed by atoms with Gasteiger partial charge in [0.2, 0.25) is 0 Å². The third-order valence-corrected chi connectivity index (χ3v) is 4.58. The zero-order valence-electron chi connectivity index (χ0n) is 13.4. The maximum atomic E-state index is 12.6. The van der Waals surface area contributed by atoms with Crippen LogP contribution in [-0.4, -0.2) is 5.78 Å². The fourth-order valence-electron chi connectivity index (χ4n) is 3.26. The molecule has 0 saturated carbocycles. The van der Waals surface area contributed by atoms with E-state index in [2.05, 4.69) is 42.5 Å². The molecule has 24 heavy (non-hydrogen) atoms. The summed E-state index contributed by atoms with van der Waals surface area (Å²) < 4.78 is 0. The Balaban J connectivity index is 1.61. The smallest absolute Gasteiger partial charge is 0.189 e. The van der Waals surface area contributed by atoms with Crippen molar-refractivity contribution in [3.63, 3.8) is 0 Å². The maximum Gasteiger partial charge on any atom is 0.189 e. The number of ketones is 1. The van der Waals surface area contributed by atoms with Gasteiger partial charge in [0.15, 0.2) is 5.78 Å². The molecule has 1 aliphatic rings. The summed E-state index contributed by atoms with van der Waals surface area (Å²) in [6.07, 6.45) is 3.79. The van der Waals surface area contributed by atoms with Crippen molar-refractivity contribution >= 4 is 11.9 Å². The number of benzene rings is 3. The molecule has 116 valence electrons. The number of allylic oxidation sites excluding steroid dienone is 1. The Kier molecular flexibility index (Phi) is 3.84. The third-order valence-electron chi connectivity index (χ3n) is 4.58. The van der Waals surface area contributed by atoms with Crippen LogP contribution >= 0.6 is 0 Å². The Morgan fingerprint density at radius 1 is 0.667 bits per heavy atom. The molecule has 4 rings (SSSR count). The fraction of sp³-hybridized carbons (Fsp3) is 0.0870. The van der Waals surface area contributed by atoms with Crippen LogP contribution in [0, 0.1) is 0 Å². The number of fused-ring (bicyclic) bond motifs is 1. The Bertz CT molecular complexity index is 902. The van der Waals surface area contributed by atoms with Gasteiger partial charge in [-0.15, -0.1) is 0 Å². The summed E-state index contributed by atoms with van der Waals surface area (Å²) in [5, 5.41) is 0. The standard InChI is InChI=1S/C23H18O/c24-23-21(15-14-20-8-4-5-9-22(20)23)16-17-10-12-19(13-11-17)18-6-2-1-3-7-18/h1-13,16H,14-15H2/b21-16+. The van der Waals surface area contributed by atoms with Gasteiger partial charge in [-0.1, -0.05) is 78.9 Å². The zero-order chi connectivity index (χ0) is 16.4. The van der Waals surface area contributed by atoms with E-state index >= 15 is 0 Å². The van der Waals surface area contributed by atoms with E-state index in [1.807, 2.05) is 42.5 Å². The van der Waals surface area contributed by atoms with E-state index < -0.39 is 0 Å². The van der Waals surface area contributed by atoms with Crippen LogP contribution in [0.5, 0.6) is 0 Å². The lowest BCUT2D eigenvalue weighted by atomic mass is 9.86. The number of carbonyl (C=O) groups excluding carboxylic acids is 1. The topological polar surface area (TPSA) is 17.1 Å². The van der Waals surface area contributed by atoms with Gasteiger partial charge in [-0.3, -0.25) is 4.79 Å². The second-order valence-electron chi connectivity index (χ2n) is 6.14. The van der Waals surface area contributed by atoms with Crippen LogP contribution in [0.3, 0.4) is 0 Å². The summed E-state index contributed by atoms with van der Waals surface area (Å²) in [5.41, 5.74) is 6.41. The van der Waals surface area contributed by atoms with E-state index in [1.165, 1.54) is 16.7 Å². The van der Waals surface area contributed by atoms with Crippen LogP contribution in [0.1, 0.15) is 27.9 Å². The van der Waals surface area contributed by atoms with Crippen LogP contribution < -0.4 is 0 Å². The Hall–Kier alpha value is -2.93. The average molecular weight is 310 g/mol. The molecular formula is C23H18O. The van der Waals surface area contributed by atoms with Crippen molar-refractivity contribution in [1.82, 2.24) is 0 Å². The summed E-state index contributed by atoms with van der Waals surface area (Å²) in [7, 11) is 0. The van der Waals surface area contributed by atoms with Crippen LogP contribution in [0.2, 0.25) is 0 Å². The molecule has 1 nitrogen and oxygen atoms in total. The minimum Gasteiger partial charge on any atom is -0.289 e. The lowest BCUT2D eigenvalue weighted by molar-refractivity contribution is 0.102. The number of Topliss-reactive ketones (excluding diaryl/α,β-unsaturated/α-hetero) is 1. The van der Waals surface area contributed by atoms with Gasteiger partial charge in [-0.05, 0) is 41.2 Å². The highest BCUT2D eigenvalue weighted by Gasteiger charge is 2.20. The molecule has 0 atom stereocenters. The molecule has 0 unspecified atom stereocenters. The van der Waals surface area contributed by atoms with Crippen molar-refractivity contribution in [2.24, 2.45) is 0 Å². The van der Waals surface area contributed by atoms with E-state index in [-0.39, 0.29) is 5.78 Å². The van der Waals surface area contributed by atoms with Crippen LogP contribution in [0.15, 0.2) is 84.4 Å². The van der Waals surface area contributed by atoms with Crippen LogP contribution in [0.4, 0.5) is 0 Å². The summed E-state index contributed by atoms with van der Waals surface area (Å²) in [5.74, 6) is 0.170. The highest BCUT2D eigenvalue weighted by Crippen LogP contribution is 2.27. The molecule has 1 aliphatic carbocycles. The van der Waals surface area contributed by atoms with Gasteiger partial charge in [0, 0.05) is 11.1 Å². The molecule has 0 amide bonds. The molecular weight excluding hydrogens is 292 g/mol. The van der Waals surface area contributed by atoms with Crippen molar-refractivity contribution in [3.05, 3.63) is 101 Å². The first kappa shape index (κ1) is 14.6. The van der Waals surface area contributed by atoms with E-state index in [1.54, 1.807) is 0 Å². The van der Waals surface area contributed by atoms with Crippen molar-refractivity contribution in [2.45, 2.75) is 12.8 Å². The molecule has 0 bridgehead atoms. The van der Waals surface area contributed by atoms with E-state index in [9.17, 15) is 4.79 Å². The molecule has 0 spiro atoms. The number of carbonyl (C=O) groups is 1. The number of hydrogen-bond acceptors (Lipinski definition) is 1. The van der Waals surface area contributed by atoms with E-state index in [0.29, 0.717) is 0 Å². The maximum absolute atomic E-state index is 12.6. The monoisotopic (exact) mass is 310 g/mol. The molecule has 3 aromatic rings. The second-order valence-corrected chi connectivity index (χ2v) is 6.14. The number of rotatable bonds is 2. The van der Waals surface area contributed by atoms with Gasteiger partial charge in [0.25, 0.3) is 0 Å². The Morgan fingerprint density at radius 3 is 2.12 bits per heavy atom. The number of aryl methyl sites for hydroxylation is 1. The summed E-state index contributed by atoms with van der Waals surface area (Å²) >= 11 is 0. The first-order valence-corrected chi connectivity index (χ1v) is 8.30. The minimum atomic E-state index is 0.170. The average Bonchev–Trinajstić information content (AvgIpc) is 2.66. The SMILES string of the molecule is O=C1/C(=C/c2ccc(-c3ccccc3)cc2)CCc2ccccc21. The van der Waals surface area contributed by atoms with Gasteiger partial charge in [0.05, 0.1) is 0 Å². The van der Waals surface area contributed by atoms with Crippen molar-refractivity contribution in [3.8, 4) is 11.1 Å². The van der Waals surface area contributed by atoms with Crippen molar-refractivity contribution < 1.29 is 4.79 Å². The normalized spacial score (nSPS) is 15.3. The molecule has 0 aromatic heterocycles. The lowest BCUT2D eigenvalue weighted by Gasteiger charge is -2.17. The van der Waals surface area contributed by atoms with Crippen molar-refractivity contribution in [2.75, 3.05) is 0 Å². The molecule has 0 N–H and O–H groups in total. The Labute approximate surface area is 142 Å². The van der Waals surface area contributed by atoms with Gasteiger partial charge >= 0.3 is 0 Å². The predicted octanol–water partition coefficient (Wildman–Crippen LogP) is 5.57. The van der Waals surface area contributed by atoms with E-state index in [0.717, 1.165) is 29.5 Å². The lowest BCUT2D eigenvalue weighted by Crippen LogP contribution is -2.13. The molecule has 0 fully saturated rings. The Morgan fingerprint density at radius 2 is 1.33 bits per heavy atom. The van der Waals surface area contributed by atoms with Gasteiger partial charge < -0.3 is 0 Å². The first-order chi connectivity index (χ1) is 11.8. The largest absolute Gasteiger partial charge is 0.289 e. The third kappa shape index (κ3) is 2.81. The predicted molar refractivity (Wildman–Crippen MR) is 98.9 cm³/mol. The fourth-order valence-corrected chi connectivity index (χ4v) is 3.26.